The number of ether oxygens (including phenoxy) is 2. The van der Waals surface area contributed by atoms with E-state index in [1.165, 1.54) is 14.0 Å². The van der Waals surface area contributed by atoms with E-state index < -0.39 is 23.5 Å². The molecule has 0 aromatic heterocycles. The highest BCUT2D eigenvalue weighted by Crippen LogP contribution is 2.59. The second-order valence-electron chi connectivity index (χ2n) is 8.13. The molecule has 0 unspecified atom stereocenters. The van der Waals surface area contributed by atoms with Crippen LogP contribution < -0.4 is 11.5 Å². The number of unbranched alkanes of at least 4 members (excludes halogenated alkanes) is 1. The molecule has 0 aromatic rings. The standard InChI is InChI=1S/C20H26N4O6/c1-4-5-6-12(25)24-11-7-23-15-13(17(27)14(21)9(2)16(15)26)10(8-30-19(22)28)20(23,29-3)18(11)24/h10-11,18H,4-8,21H2,1-3H3,(H2,22,28)/t10-,11+,18+,20-,24?/m1/s1. The molecule has 10 nitrogen and oxygen atoms in total. The third-order valence-corrected chi connectivity index (χ3v) is 6.72. The molecule has 0 saturated carbocycles. The minimum absolute atomic E-state index is 0.00818. The van der Waals surface area contributed by atoms with Gasteiger partial charge >= 0.3 is 6.09 Å². The van der Waals surface area contributed by atoms with Gasteiger partial charge in [-0.2, -0.15) is 0 Å². The number of fused-ring (bicyclic) bond motifs is 4. The predicted molar refractivity (Wildman–Crippen MR) is 103 cm³/mol. The summed E-state index contributed by atoms with van der Waals surface area (Å²) in [4.78, 5) is 53.7. The lowest BCUT2D eigenvalue weighted by molar-refractivity contribution is -0.153. The van der Waals surface area contributed by atoms with E-state index >= 15 is 0 Å². The van der Waals surface area contributed by atoms with Gasteiger partial charge < -0.3 is 30.7 Å². The molecular weight excluding hydrogens is 392 g/mol. The summed E-state index contributed by atoms with van der Waals surface area (Å²) in [6.45, 7) is 3.62. The highest BCUT2D eigenvalue weighted by atomic mass is 16.6. The van der Waals surface area contributed by atoms with E-state index in [0.717, 1.165) is 12.8 Å². The summed E-state index contributed by atoms with van der Waals surface area (Å²) in [5.74, 6) is -1.62. The molecule has 0 aromatic carbocycles. The average molecular weight is 418 g/mol. The molecule has 162 valence electrons. The molecule has 4 N–H and O–H groups in total. The molecule has 3 aliphatic heterocycles. The Bertz CT molecular complexity index is 924. The minimum Gasteiger partial charge on any atom is -0.449 e. The van der Waals surface area contributed by atoms with Crippen LogP contribution in [0.4, 0.5) is 4.79 Å². The number of Topliss-reactive ketones (excluding diaryl/α,β-unsaturated/α-hetero) is 2. The Morgan fingerprint density at radius 2 is 1.97 bits per heavy atom. The fourth-order valence-electron chi connectivity index (χ4n) is 5.27. The molecule has 0 radical (unpaired) electrons. The Morgan fingerprint density at radius 3 is 2.57 bits per heavy atom. The quantitative estimate of drug-likeness (QED) is 0.445. The van der Waals surface area contributed by atoms with E-state index in [1.807, 2.05) is 6.92 Å². The molecular formula is C20H26N4O6. The van der Waals surface area contributed by atoms with Crippen molar-refractivity contribution in [1.82, 2.24) is 9.80 Å². The van der Waals surface area contributed by atoms with Crippen molar-refractivity contribution >= 4 is 23.6 Å². The van der Waals surface area contributed by atoms with E-state index in [4.69, 9.17) is 20.9 Å². The Labute approximate surface area is 173 Å². The number of carbonyl (C=O) groups is 4. The van der Waals surface area contributed by atoms with Gasteiger partial charge in [0.2, 0.25) is 17.5 Å². The van der Waals surface area contributed by atoms with Crippen LogP contribution in [-0.2, 0) is 23.9 Å². The minimum atomic E-state index is -1.19. The molecule has 1 aliphatic carbocycles. The van der Waals surface area contributed by atoms with Gasteiger partial charge in [-0.1, -0.05) is 13.3 Å². The summed E-state index contributed by atoms with van der Waals surface area (Å²) < 4.78 is 11.0. The Morgan fingerprint density at radius 1 is 1.27 bits per heavy atom. The summed E-state index contributed by atoms with van der Waals surface area (Å²) in [5.41, 5.74) is 10.3. The van der Waals surface area contributed by atoms with Gasteiger partial charge in [0.15, 0.2) is 5.72 Å². The van der Waals surface area contributed by atoms with Crippen LogP contribution in [0.25, 0.3) is 0 Å². The maximum atomic E-state index is 13.1. The second kappa shape index (κ2) is 6.83. The highest BCUT2D eigenvalue weighted by molar-refractivity contribution is 6.25. The van der Waals surface area contributed by atoms with Gasteiger partial charge in [0.1, 0.15) is 12.6 Å². The molecule has 0 bridgehead atoms. The van der Waals surface area contributed by atoms with Gasteiger partial charge in [-0.25, -0.2) is 4.79 Å². The highest BCUT2D eigenvalue weighted by Gasteiger charge is 2.77. The lowest BCUT2D eigenvalue weighted by Gasteiger charge is -2.41. The summed E-state index contributed by atoms with van der Waals surface area (Å²) in [5, 5.41) is 0. The van der Waals surface area contributed by atoms with Crippen molar-refractivity contribution in [2.45, 2.75) is 50.9 Å². The number of nitrogens with two attached hydrogens (primary N) is 2. The van der Waals surface area contributed by atoms with E-state index in [1.54, 1.807) is 9.80 Å². The normalized spacial score (nSPS) is 31.8. The van der Waals surface area contributed by atoms with Crippen molar-refractivity contribution < 1.29 is 28.7 Å². The summed E-state index contributed by atoms with van der Waals surface area (Å²) >= 11 is 0. The molecule has 2 saturated heterocycles. The van der Waals surface area contributed by atoms with Gasteiger partial charge in [-0.3, -0.25) is 14.4 Å². The molecule has 2 amide bonds. The van der Waals surface area contributed by atoms with Gasteiger partial charge in [-0.05, 0) is 13.3 Å². The molecule has 2 fully saturated rings. The first-order valence-electron chi connectivity index (χ1n) is 10.1. The number of hydrogen-bond acceptors (Lipinski definition) is 8. The topological polar surface area (TPSA) is 145 Å². The smallest absolute Gasteiger partial charge is 0.404 e. The van der Waals surface area contributed by atoms with Crippen LogP contribution in [0, 0.1) is 5.92 Å². The van der Waals surface area contributed by atoms with Crippen LogP contribution in [0.3, 0.4) is 0 Å². The molecule has 0 spiro atoms. The number of piperazine rings is 1. The predicted octanol–water partition coefficient (Wildman–Crippen LogP) is -0.222. The van der Waals surface area contributed by atoms with Crippen LogP contribution in [0.5, 0.6) is 0 Å². The SMILES string of the molecule is CCCCC(=O)N1[C@H]2[C@@H]1CN1C3=C(C(=O)C(N)=C(C)C3=O)[C@@H](COC(N)=O)[C@@]21OC. The fourth-order valence-corrected chi connectivity index (χ4v) is 5.27. The zero-order valence-electron chi connectivity index (χ0n) is 17.3. The van der Waals surface area contributed by atoms with Crippen molar-refractivity contribution in [2.24, 2.45) is 17.4 Å². The van der Waals surface area contributed by atoms with Crippen molar-refractivity contribution in [3.05, 3.63) is 22.5 Å². The molecule has 10 heteroatoms. The lowest BCUT2D eigenvalue weighted by Crippen LogP contribution is -2.56. The number of allylic oxidation sites excluding steroid dienone is 2. The summed E-state index contributed by atoms with van der Waals surface area (Å²) in [6, 6.07) is -0.494. The van der Waals surface area contributed by atoms with E-state index in [0.29, 0.717) is 13.0 Å². The lowest BCUT2D eigenvalue weighted by atomic mass is 9.82. The van der Waals surface area contributed by atoms with Crippen molar-refractivity contribution in [3.8, 4) is 0 Å². The Kier molecular flexibility index (Phi) is 4.64. The average Bonchev–Trinajstić information content (AvgIpc) is 3.22. The van der Waals surface area contributed by atoms with Crippen LogP contribution in [0.1, 0.15) is 33.1 Å². The number of amides is 2. The number of ketones is 2. The molecule has 3 heterocycles. The van der Waals surface area contributed by atoms with Crippen molar-refractivity contribution in [2.75, 3.05) is 20.3 Å². The molecule has 4 rings (SSSR count). The first-order valence-corrected chi connectivity index (χ1v) is 10.1. The molecule has 4 aliphatic rings. The van der Waals surface area contributed by atoms with Crippen LogP contribution >= 0.6 is 0 Å². The third-order valence-electron chi connectivity index (χ3n) is 6.72. The monoisotopic (exact) mass is 418 g/mol. The largest absolute Gasteiger partial charge is 0.449 e. The van der Waals surface area contributed by atoms with Gasteiger partial charge in [-0.15, -0.1) is 0 Å². The van der Waals surface area contributed by atoms with Gasteiger partial charge in [0, 0.05) is 31.2 Å². The Hall–Kier alpha value is -2.88. The number of primary amides is 1. The van der Waals surface area contributed by atoms with E-state index in [9.17, 15) is 19.2 Å². The maximum absolute atomic E-state index is 13.1. The number of rotatable bonds is 6. The first kappa shape index (κ1) is 20.4. The van der Waals surface area contributed by atoms with Gasteiger partial charge in [0.25, 0.3) is 0 Å². The zero-order valence-corrected chi connectivity index (χ0v) is 17.3. The van der Waals surface area contributed by atoms with Crippen LogP contribution in [0.2, 0.25) is 0 Å². The second-order valence-corrected chi connectivity index (χ2v) is 8.13. The first-order chi connectivity index (χ1) is 14.2. The van der Waals surface area contributed by atoms with E-state index in [-0.39, 0.29) is 52.9 Å². The Balaban J connectivity index is 1.75. The molecule has 30 heavy (non-hydrogen) atoms. The fraction of sp³-hybridized carbons (Fsp3) is 0.600. The molecule has 4 atom stereocenters. The van der Waals surface area contributed by atoms with Gasteiger partial charge in [0.05, 0.1) is 23.4 Å². The third kappa shape index (κ3) is 2.46. The van der Waals surface area contributed by atoms with E-state index in [2.05, 4.69) is 0 Å². The number of nitrogens with zero attached hydrogens (tertiary/aromatic N) is 2. The number of hydrogen-bond donors (Lipinski definition) is 2. The van der Waals surface area contributed by atoms with Crippen molar-refractivity contribution in [1.29, 1.82) is 0 Å². The van der Waals surface area contributed by atoms with Crippen molar-refractivity contribution in [3.63, 3.8) is 0 Å². The summed E-state index contributed by atoms with van der Waals surface area (Å²) in [7, 11) is 1.47. The van der Waals surface area contributed by atoms with Crippen LogP contribution in [-0.4, -0.2) is 71.4 Å². The maximum Gasteiger partial charge on any atom is 0.404 e. The van der Waals surface area contributed by atoms with Crippen LogP contribution in [0.15, 0.2) is 22.5 Å². The number of methoxy groups -OCH3 is 1. The summed E-state index contributed by atoms with van der Waals surface area (Å²) in [6.07, 6.45) is 1.09. The number of carbonyl (C=O) groups excluding carboxylic acids is 4. The zero-order chi connectivity index (χ0) is 22.0.